The van der Waals surface area contributed by atoms with E-state index in [-0.39, 0.29) is 12.5 Å². The summed E-state index contributed by atoms with van der Waals surface area (Å²) in [6.45, 7) is 0.188. The molecule has 1 aromatic heterocycles. The summed E-state index contributed by atoms with van der Waals surface area (Å²) < 4.78 is 10.6. The van der Waals surface area contributed by atoms with E-state index in [0.717, 1.165) is 16.6 Å². The van der Waals surface area contributed by atoms with Crippen LogP contribution in [0.2, 0.25) is 5.02 Å². The van der Waals surface area contributed by atoms with Crippen molar-refractivity contribution >= 4 is 34.7 Å². The van der Waals surface area contributed by atoms with Gasteiger partial charge in [0.15, 0.2) is 11.5 Å². The van der Waals surface area contributed by atoms with Gasteiger partial charge in [-0.2, -0.15) is 0 Å². The van der Waals surface area contributed by atoms with Gasteiger partial charge in [-0.05, 0) is 35.9 Å². The fraction of sp³-hybridized carbons (Fsp3) is 0.0556. The van der Waals surface area contributed by atoms with Gasteiger partial charge in [-0.3, -0.25) is 0 Å². The Morgan fingerprint density at radius 1 is 1.09 bits per heavy atom. The molecule has 2 aromatic carbocycles. The Kier molecular flexibility index (Phi) is 3.32. The summed E-state index contributed by atoms with van der Waals surface area (Å²) in [6, 6.07) is 12.8. The minimum absolute atomic E-state index is 0.170. The number of hydrogen-bond donors (Lipinski definition) is 1. The van der Waals surface area contributed by atoms with E-state index in [4.69, 9.17) is 21.1 Å². The van der Waals surface area contributed by atoms with Crippen molar-refractivity contribution in [1.29, 1.82) is 0 Å². The molecule has 0 fully saturated rings. The lowest BCUT2D eigenvalue weighted by molar-refractivity contribution is 0.174. The van der Waals surface area contributed by atoms with Crippen LogP contribution >= 0.6 is 11.6 Å². The maximum absolute atomic E-state index is 9.89. The van der Waals surface area contributed by atoms with Gasteiger partial charge >= 0.3 is 0 Å². The predicted molar refractivity (Wildman–Crippen MR) is 89.9 cm³/mol. The van der Waals surface area contributed by atoms with Crippen molar-refractivity contribution in [1.82, 2.24) is 4.98 Å². The molecule has 0 atom stereocenters. The lowest BCUT2D eigenvalue weighted by Crippen LogP contribution is -1.93. The number of rotatable bonds is 2. The third-order valence-corrected chi connectivity index (χ3v) is 3.90. The van der Waals surface area contributed by atoms with Crippen LogP contribution in [-0.2, 0) is 0 Å². The van der Waals surface area contributed by atoms with Gasteiger partial charge < -0.3 is 14.6 Å². The Morgan fingerprint density at radius 2 is 2.00 bits per heavy atom. The summed E-state index contributed by atoms with van der Waals surface area (Å²) in [5.74, 6) is 1.39. The maximum Gasteiger partial charge on any atom is 0.231 e. The standard InChI is InChI=1S/C18H12ClNO3/c19-14-8-11(9-16-18(14)23-10-22-16)4-6-13-7-5-12-2-1-3-15(21)17(12)20-13/h1-9,21H,10H2/b6-4-. The van der Waals surface area contributed by atoms with Crippen LogP contribution in [-0.4, -0.2) is 16.9 Å². The van der Waals surface area contributed by atoms with Crippen molar-refractivity contribution in [2.45, 2.75) is 0 Å². The average Bonchev–Trinajstić information content (AvgIpc) is 3.03. The summed E-state index contributed by atoms with van der Waals surface area (Å²) in [5.41, 5.74) is 2.21. The van der Waals surface area contributed by atoms with Gasteiger partial charge in [0, 0.05) is 5.39 Å². The van der Waals surface area contributed by atoms with Gasteiger partial charge in [-0.15, -0.1) is 0 Å². The molecule has 4 nitrogen and oxygen atoms in total. The van der Waals surface area contributed by atoms with E-state index in [1.54, 1.807) is 12.1 Å². The molecular formula is C18H12ClNO3. The predicted octanol–water partition coefficient (Wildman–Crippen LogP) is 4.49. The molecule has 0 bridgehead atoms. The monoisotopic (exact) mass is 325 g/mol. The first-order valence-corrected chi connectivity index (χ1v) is 7.44. The normalized spacial score (nSPS) is 13.1. The molecule has 5 heteroatoms. The molecule has 0 spiro atoms. The number of aromatic nitrogens is 1. The zero-order chi connectivity index (χ0) is 15.8. The fourth-order valence-electron chi connectivity index (χ4n) is 2.50. The maximum atomic E-state index is 9.89. The van der Waals surface area contributed by atoms with Crippen LogP contribution in [0.5, 0.6) is 17.2 Å². The molecule has 114 valence electrons. The smallest absolute Gasteiger partial charge is 0.231 e. The van der Waals surface area contributed by atoms with E-state index in [1.165, 1.54) is 0 Å². The molecule has 0 amide bonds. The number of ether oxygens (including phenoxy) is 2. The van der Waals surface area contributed by atoms with E-state index >= 15 is 0 Å². The number of benzene rings is 2. The van der Waals surface area contributed by atoms with Crippen LogP contribution in [0.1, 0.15) is 11.3 Å². The molecule has 3 aromatic rings. The van der Waals surface area contributed by atoms with Gasteiger partial charge in [0.05, 0.1) is 10.7 Å². The zero-order valence-corrected chi connectivity index (χ0v) is 12.7. The number of nitrogens with zero attached hydrogens (tertiary/aromatic N) is 1. The second-order valence-electron chi connectivity index (χ2n) is 5.15. The quantitative estimate of drug-likeness (QED) is 0.754. The first kappa shape index (κ1) is 13.9. The summed E-state index contributed by atoms with van der Waals surface area (Å²) in [7, 11) is 0. The Labute approximate surface area is 137 Å². The third-order valence-electron chi connectivity index (χ3n) is 3.62. The molecule has 0 unspecified atom stereocenters. The van der Waals surface area contributed by atoms with E-state index < -0.39 is 0 Å². The summed E-state index contributed by atoms with van der Waals surface area (Å²) in [6.07, 6.45) is 3.75. The average molecular weight is 326 g/mol. The summed E-state index contributed by atoms with van der Waals surface area (Å²) in [5, 5.41) is 11.3. The Morgan fingerprint density at radius 3 is 2.91 bits per heavy atom. The van der Waals surface area contributed by atoms with E-state index in [9.17, 15) is 5.11 Å². The number of phenols is 1. The number of para-hydroxylation sites is 1. The molecule has 1 aliphatic heterocycles. The minimum Gasteiger partial charge on any atom is -0.506 e. The fourth-order valence-corrected chi connectivity index (χ4v) is 2.78. The van der Waals surface area contributed by atoms with Crippen molar-refractivity contribution in [3.63, 3.8) is 0 Å². The van der Waals surface area contributed by atoms with E-state index in [0.29, 0.717) is 22.0 Å². The molecule has 0 saturated heterocycles. The van der Waals surface area contributed by atoms with Crippen molar-refractivity contribution in [2.24, 2.45) is 0 Å². The van der Waals surface area contributed by atoms with Gasteiger partial charge in [-0.25, -0.2) is 4.98 Å². The van der Waals surface area contributed by atoms with Crippen molar-refractivity contribution in [2.75, 3.05) is 6.79 Å². The lowest BCUT2D eigenvalue weighted by Gasteiger charge is -2.02. The van der Waals surface area contributed by atoms with Crippen LogP contribution < -0.4 is 9.47 Å². The first-order valence-electron chi connectivity index (χ1n) is 7.07. The van der Waals surface area contributed by atoms with Crippen LogP contribution in [0.25, 0.3) is 23.1 Å². The topological polar surface area (TPSA) is 51.6 Å². The van der Waals surface area contributed by atoms with Crippen molar-refractivity contribution < 1.29 is 14.6 Å². The van der Waals surface area contributed by atoms with Gasteiger partial charge in [0.2, 0.25) is 6.79 Å². The minimum atomic E-state index is 0.170. The zero-order valence-electron chi connectivity index (χ0n) is 12.0. The van der Waals surface area contributed by atoms with Crippen LogP contribution in [0, 0.1) is 0 Å². The number of aromatic hydroxyl groups is 1. The highest BCUT2D eigenvalue weighted by atomic mass is 35.5. The molecular weight excluding hydrogens is 314 g/mol. The Hall–Kier alpha value is -2.72. The number of fused-ring (bicyclic) bond motifs is 2. The Balaban J connectivity index is 1.69. The number of pyridine rings is 1. The largest absolute Gasteiger partial charge is 0.506 e. The molecule has 0 saturated carbocycles. The molecule has 4 rings (SSSR count). The molecule has 23 heavy (non-hydrogen) atoms. The number of hydrogen-bond acceptors (Lipinski definition) is 4. The van der Waals surface area contributed by atoms with E-state index in [1.807, 2.05) is 42.5 Å². The highest BCUT2D eigenvalue weighted by molar-refractivity contribution is 6.32. The second kappa shape index (κ2) is 5.48. The SMILES string of the molecule is Oc1cccc2ccc(/C=C\c3cc(Cl)c4c(c3)OCO4)nc12. The van der Waals surface area contributed by atoms with E-state index in [2.05, 4.69) is 4.98 Å². The van der Waals surface area contributed by atoms with Gasteiger partial charge in [0.1, 0.15) is 11.3 Å². The van der Waals surface area contributed by atoms with Gasteiger partial charge in [-0.1, -0.05) is 35.9 Å². The number of phenolic OH excluding ortho intramolecular Hbond substituents is 1. The van der Waals surface area contributed by atoms with Gasteiger partial charge in [0.25, 0.3) is 0 Å². The second-order valence-corrected chi connectivity index (χ2v) is 5.56. The highest BCUT2D eigenvalue weighted by Gasteiger charge is 2.17. The molecule has 0 radical (unpaired) electrons. The Bertz CT molecular complexity index is 937. The van der Waals surface area contributed by atoms with Crippen molar-refractivity contribution in [3.8, 4) is 17.2 Å². The van der Waals surface area contributed by atoms with Crippen LogP contribution in [0.3, 0.4) is 0 Å². The molecule has 0 aliphatic carbocycles. The molecule has 1 aliphatic rings. The number of halogens is 1. The lowest BCUT2D eigenvalue weighted by atomic mass is 10.1. The van der Waals surface area contributed by atoms with Crippen molar-refractivity contribution in [3.05, 3.63) is 58.7 Å². The third kappa shape index (κ3) is 2.58. The summed E-state index contributed by atoms with van der Waals surface area (Å²) >= 11 is 6.17. The first-order chi connectivity index (χ1) is 11.2. The molecule has 2 heterocycles. The van der Waals surface area contributed by atoms with Crippen LogP contribution in [0.4, 0.5) is 0 Å². The van der Waals surface area contributed by atoms with Crippen LogP contribution in [0.15, 0.2) is 42.5 Å². The highest BCUT2D eigenvalue weighted by Crippen LogP contribution is 2.40. The molecule has 1 N–H and O–H groups in total. The summed E-state index contributed by atoms with van der Waals surface area (Å²) in [4.78, 5) is 4.46.